The highest BCUT2D eigenvalue weighted by atomic mass is 16.5. The quantitative estimate of drug-likeness (QED) is 0.804. The van der Waals surface area contributed by atoms with Gasteiger partial charge in [0, 0.05) is 24.0 Å². The maximum absolute atomic E-state index is 5.26. The molecule has 2 aromatic rings. The van der Waals surface area contributed by atoms with E-state index in [1.54, 1.807) is 19.5 Å². The molecule has 0 saturated heterocycles. The lowest BCUT2D eigenvalue weighted by Gasteiger charge is -2.05. The summed E-state index contributed by atoms with van der Waals surface area (Å²) in [5, 5.41) is 0. The summed E-state index contributed by atoms with van der Waals surface area (Å²) in [5.74, 6) is 0.555. The highest BCUT2D eigenvalue weighted by Crippen LogP contribution is 2.20. The van der Waals surface area contributed by atoms with Gasteiger partial charge in [-0.1, -0.05) is 0 Å². The number of methoxy groups -OCH3 is 1. The fourth-order valence-electron chi connectivity index (χ4n) is 1.38. The Morgan fingerprint density at radius 1 is 1.18 bits per heavy atom. The van der Waals surface area contributed by atoms with E-state index in [1.165, 1.54) is 0 Å². The molecule has 5 nitrogen and oxygen atoms in total. The third kappa shape index (κ3) is 2.69. The van der Waals surface area contributed by atoms with Crippen molar-refractivity contribution in [1.82, 2.24) is 15.0 Å². The second-order valence-electron chi connectivity index (χ2n) is 3.24. The van der Waals surface area contributed by atoms with Gasteiger partial charge in [-0.3, -0.25) is 0 Å². The average Bonchev–Trinajstić information content (AvgIpc) is 2.40. The summed E-state index contributed by atoms with van der Waals surface area (Å²) in [7, 11) is 1.58. The molecule has 0 aliphatic rings. The van der Waals surface area contributed by atoms with E-state index in [9.17, 15) is 0 Å². The van der Waals surface area contributed by atoms with Gasteiger partial charge in [-0.15, -0.1) is 0 Å². The Morgan fingerprint density at radius 3 is 2.76 bits per heavy atom. The van der Waals surface area contributed by atoms with Crippen LogP contribution in [0.1, 0.15) is 6.92 Å². The molecule has 0 amide bonds. The van der Waals surface area contributed by atoms with Crippen molar-refractivity contribution in [2.45, 2.75) is 6.92 Å². The maximum atomic E-state index is 5.26. The zero-order chi connectivity index (χ0) is 12.1. The number of ether oxygens (including phenoxy) is 2. The minimum absolute atomic E-state index is 0.376. The van der Waals surface area contributed by atoms with Gasteiger partial charge >= 0.3 is 6.01 Å². The van der Waals surface area contributed by atoms with Crippen LogP contribution in [0.4, 0.5) is 0 Å². The predicted octanol–water partition coefficient (Wildman–Crippen LogP) is 1.95. The van der Waals surface area contributed by atoms with Crippen LogP contribution in [0.15, 0.2) is 30.6 Å². The molecule has 0 spiro atoms. The highest BCUT2D eigenvalue weighted by Gasteiger charge is 2.04. The van der Waals surface area contributed by atoms with E-state index in [0.29, 0.717) is 18.5 Å². The van der Waals surface area contributed by atoms with Crippen LogP contribution in [0, 0.1) is 0 Å². The van der Waals surface area contributed by atoms with E-state index in [1.807, 2.05) is 25.1 Å². The van der Waals surface area contributed by atoms with Gasteiger partial charge in [0.25, 0.3) is 0 Å². The predicted molar refractivity (Wildman–Crippen MR) is 63.0 cm³/mol. The zero-order valence-corrected chi connectivity index (χ0v) is 9.75. The summed E-state index contributed by atoms with van der Waals surface area (Å²) >= 11 is 0. The van der Waals surface area contributed by atoms with Crippen LogP contribution in [0.2, 0.25) is 0 Å². The minimum Gasteiger partial charge on any atom is -0.481 e. The molecule has 88 valence electrons. The van der Waals surface area contributed by atoms with Crippen LogP contribution in [0.25, 0.3) is 11.3 Å². The Kier molecular flexibility index (Phi) is 3.49. The van der Waals surface area contributed by atoms with Crippen molar-refractivity contribution < 1.29 is 9.47 Å². The summed E-state index contributed by atoms with van der Waals surface area (Å²) < 4.78 is 10.3. The Labute approximate surface area is 99.5 Å². The Morgan fingerprint density at radius 2 is 2.00 bits per heavy atom. The van der Waals surface area contributed by atoms with E-state index in [-0.39, 0.29) is 0 Å². The van der Waals surface area contributed by atoms with Crippen molar-refractivity contribution in [3.05, 3.63) is 30.6 Å². The van der Waals surface area contributed by atoms with E-state index >= 15 is 0 Å². The normalized spacial score (nSPS) is 10.0. The second kappa shape index (κ2) is 5.25. The standard InChI is InChI=1S/C12H13N3O2/c1-3-17-12-14-7-5-10(15-12)9-4-6-13-11(8-9)16-2/h4-8H,3H2,1-2H3. The summed E-state index contributed by atoms with van der Waals surface area (Å²) in [6, 6.07) is 5.87. The minimum atomic E-state index is 0.376. The zero-order valence-electron chi connectivity index (χ0n) is 9.75. The lowest BCUT2D eigenvalue weighted by molar-refractivity contribution is 0.313. The largest absolute Gasteiger partial charge is 0.481 e. The van der Waals surface area contributed by atoms with Gasteiger partial charge in [0.1, 0.15) is 0 Å². The Bertz CT molecular complexity index is 503. The molecule has 2 heterocycles. The molecule has 0 N–H and O–H groups in total. The molecule has 5 heteroatoms. The molecule has 17 heavy (non-hydrogen) atoms. The third-order valence-corrected chi connectivity index (χ3v) is 2.15. The second-order valence-corrected chi connectivity index (χ2v) is 3.24. The van der Waals surface area contributed by atoms with Crippen molar-refractivity contribution in [3.8, 4) is 23.1 Å². The molecular formula is C12H13N3O2. The van der Waals surface area contributed by atoms with Crippen molar-refractivity contribution in [2.75, 3.05) is 13.7 Å². The number of rotatable bonds is 4. The fraction of sp³-hybridized carbons (Fsp3) is 0.250. The van der Waals surface area contributed by atoms with Crippen LogP contribution >= 0.6 is 0 Å². The summed E-state index contributed by atoms with van der Waals surface area (Å²) in [4.78, 5) is 12.4. The summed E-state index contributed by atoms with van der Waals surface area (Å²) in [5.41, 5.74) is 1.70. The first-order chi connectivity index (χ1) is 8.33. The number of hydrogen-bond acceptors (Lipinski definition) is 5. The average molecular weight is 231 g/mol. The molecule has 0 aliphatic heterocycles. The van der Waals surface area contributed by atoms with E-state index in [4.69, 9.17) is 9.47 Å². The Balaban J connectivity index is 2.34. The van der Waals surface area contributed by atoms with Crippen molar-refractivity contribution in [1.29, 1.82) is 0 Å². The number of aromatic nitrogens is 3. The molecule has 2 rings (SSSR count). The summed E-state index contributed by atoms with van der Waals surface area (Å²) in [6.07, 6.45) is 3.34. The molecule has 0 saturated carbocycles. The molecule has 0 unspecified atom stereocenters. The molecule has 0 aromatic carbocycles. The van der Waals surface area contributed by atoms with Crippen LogP contribution in [-0.4, -0.2) is 28.7 Å². The van der Waals surface area contributed by atoms with Gasteiger partial charge in [0.2, 0.25) is 5.88 Å². The molecule has 0 radical (unpaired) electrons. The van der Waals surface area contributed by atoms with E-state index < -0.39 is 0 Å². The van der Waals surface area contributed by atoms with Crippen LogP contribution in [0.5, 0.6) is 11.9 Å². The van der Waals surface area contributed by atoms with Crippen molar-refractivity contribution in [3.63, 3.8) is 0 Å². The first kappa shape index (κ1) is 11.3. The topological polar surface area (TPSA) is 57.1 Å². The summed E-state index contributed by atoms with van der Waals surface area (Å²) in [6.45, 7) is 2.44. The lowest BCUT2D eigenvalue weighted by atomic mass is 10.2. The van der Waals surface area contributed by atoms with Gasteiger partial charge in [-0.25, -0.2) is 9.97 Å². The lowest BCUT2D eigenvalue weighted by Crippen LogP contribution is -1.98. The van der Waals surface area contributed by atoms with Gasteiger partial charge < -0.3 is 9.47 Å². The fourth-order valence-corrected chi connectivity index (χ4v) is 1.38. The maximum Gasteiger partial charge on any atom is 0.316 e. The smallest absolute Gasteiger partial charge is 0.316 e. The molecule has 0 fully saturated rings. The number of hydrogen-bond donors (Lipinski definition) is 0. The van der Waals surface area contributed by atoms with Gasteiger partial charge in [0.15, 0.2) is 0 Å². The highest BCUT2D eigenvalue weighted by molar-refractivity contribution is 5.59. The van der Waals surface area contributed by atoms with Crippen LogP contribution < -0.4 is 9.47 Å². The molecule has 0 aliphatic carbocycles. The van der Waals surface area contributed by atoms with Gasteiger partial charge in [-0.2, -0.15) is 4.98 Å². The van der Waals surface area contributed by atoms with E-state index in [0.717, 1.165) is 11.3 Å². The van der Waals surface area contributed by atoms with E-state index in [2.05, 4.69) is 15.0 Å². The monoisotopic (exact) mass is 231 g/mol. The number of nitrogens with zero attached hydrogens (tertiary/aromatic N) is 3. The van der Waals surface area contributed by atoms with Gasteiger partial charge in [-0.05, 0) is 19.1 Å². The van der Waals surface area contributed by atoms with Crippen molar-refractivity contribution >= 4 is 0 Å². The number of pyridine rings is 1. The van der Waals surface area contributed by atoms with Crippen molar-refractivity contribution in [2.24, 2.45) is 0 Å². The molecule has 0 bridgehead atoms. The van der Waals surface area contributed by atoms with Crippen LogP contribution in [0.3, 0.4) is 0 Å². The molecule has 2 aromatic heterocycles. The van der Waals surface area contributed by atoms with Gasteiger partial charge in [0.05, 0.1) is 19.4 Å². The Hall–Kier alpha value is -2.17. The first-order valence-corrected chi connectivity index (χ1v) is 5.29. The first-order valence-electron chi connectivity index (χ1n) is 5.29. The van der Waals surface area contributed by atoms with Crippen LogP contribution in [-0.2, 0) is 0 Å². The SMILES string of the molecule is CCOc1nccc(-c2ccnc(OC)c2)n1. The molecule has 0 atom stereocenters. The third-order valence-electron chi connectivity index (χ3n) is 2.15. The molecular weight excluding hydrogens is 218 g/mol.